The Morgan fingerprint density at radius 1 is 1.10 bits per heavy atom. The first kappa shape index (κ1) is 16.3. The van der Waals surface area contributed by atoms with E-state index in [0.717, 1.165) is 25.7 Å². The number of hydrogen-bond donors (Lipinski definition) is 2. The number of hydrogen-bond acceptors (Lipinski definition) is 4. The molecule has 2 fully saturated rings. The third kappa shape index (κ3) is 4.18. The smallest absolute Gasteiger partial charge is 0.305 e. The van der Waals surface area contributed by atoms with Crippen molar-refractivity contribution in [3.63, 3.8) is 0 Å². The summed E-state index contributed by atoms with van der Waals surface area (Å²) in [5, 5.41) is 11.3. The number of amides is 1. The number of sulfone groups is 1. The fourth-order valence-corrected chi connectivity index (χ4v) is 5.29. The lowest BCUT2D eigenvalue weighted by Crippen LogP contribution is -2.50. The van der Waals surface area contributed by atoms with Crippen LogP contribution in [0.1, 0.15) is 57.8 Å². The number of nitrogens with one attached hydrogen (secondary N) is 1. The summed E-state index contributed by atoms with van der Waals surface area (Å²) in [6.07, 6.45) is 5.87. The SMILES string of the molecule is O=C(O)CC1(NC(=O)CS(=O)(=O)C2CCCC2)CCCC1. The molecule has 0 heterocycles. The van der Waals surface area contributed by atoms with E-state index in [-0.39, 0.29) is 6.42 Å². The monoisotopic (exact) mass is 317 g/mol. The molecule has 0 atom stereocenters. The Morgan fingerprint density at radius 2 is 1.67 bits per heavy atom. The zero-order chi connectivity index (χ0) is 15.5. The van der Waals surface area contributed by atoms with Gasteiger partial charge in [0.1, 0.15) is 5.75 Å². The van der Waals surface area contributed by atoms with Crippen LogP contribution >= 0.6 is 0 Å². The first-order chi connectivity index (χ1) is 9.83. The average Bonchev–Trinajstić information content (AvgIpc) is 2.98. The van der Waals surface area contributed by atoms with Gasteiger partial charge in [-0.25, -0.2) is 8.42 Å². The molecule has 6 nitrogen and oxygen atoms in total. The van der Waals surface area contributed by atoms with Crippen molar-refractivity contribution in [1.82, 2.24) is 5.32 Å². The fraction of sp³-hybridized carbons (Fsp3) is 0.857. The van der Waals surface area contributed by atoms with Gasteiger partial charge in [0.15, 0.2) is 9.84 Å². The van der Waals surface area contributed by atoms with E-state index in [9.17, 15) is 18.0 Å². The number of aliphatic carboxylic acids is 1. The molecule has 1 amide bonds. The van der Waals surface area contributed by atoms with Crippen molar-refractivity contribution < 1.29 is 23.1 Å². The quantitative estimate of drug-likeness (QED) is 0.768. The molecule has 0 bridgehead atoms. The minimum absolute atomic E-state index is 0.137. The van der Waals surface area contributed by atoms with Gasteiger partial charge in [0.25, 0.3) is 0 Å². The third-order valence-corrected chi connectivity index (χ3v) is 6.75. The molecule has 0 aliphatic heterocycles. The summed E-state index contributed by atoms with van der Waals surface area (Å²) in [4.78, 5) is 23.0. The molecular weight excluding hydrogens is 294 g/mol. The number of carbonyl (C=O) groups is 2. The lowest BCUT2D eigenvalue weighted by molar-refractivity contribution is -0.139. The Kier molecular flexibility index (Phi) is 4.91. The van der Waals surface area contributed by atoms with Gasteiger partial charge in [0.05, 0.1) is 17.2 Å². The predicted molar refractivity (Wildman–Crippen MR) is 77.6 cm³/mol. The summed E-state index contributed by atoms with van der Waals surface area (Å²) < 4.78 is 24.3. The van der Waals surface area contributed by atoms with Crippen LogP contribution < -0.4 is 5.32 Å². The van der Waals surface area contributed by atoms with Gasteiger partial charge in [-0.15, -0.1) is 0 Å². The topological polar surface area (TPSA) is 101 Å². The molecule has 7 heteroatoms. The lowest BCUT2D eigenvalue weighted by atomic mass is 9.93. The normalized spacial score (nSPS) is 22.3. The molecule has 0 radical (unpaired) electrons. The zero-order valence-corrected chi connectivity index (χ0v) is 13.0. The maximum atomic E-state index is 12.2. The Bertz CT molecular complexity index is 501. The highest BCUT2D eigenvalue weighted by molar-refractivity contribution is 7.92. The summed E-state index contributed by atoms with van der Waals surface area (Å²) in [6, 6.07) is 0. The second kappa shape index (κ2) is 6.34. The molecule has 2 N–H and O–H groups in total. The number of carboxylic acids is 1. The van der Waals surface area contributed by atoms with Crippen LogP contribution in [0.2, 0.25) is 0 Å². The Balaban J connectivity index is 1.97. The molecule has 2 aliphatic carbocycles. The standard InChI is InChI=1S/C14H23NO5S/c16-12(10-21(19,20)11-5-1-2-6-11)15-14(9-13(17)18)7-3-4-8-14/h11H,1-10H2,(H,15,16)(H,17,18). The molecule has 120 valence electrons. The van der Waals surface area contributed by atoms with E-state index in [0.29, 0.717) is 25.7 Å². The highest BCUT2D eigenvalue weighted by atomic mass is 32.2. The molecule has 0 saturated heterocycles. The van der Waals surface area contributed by atoms with Gasteiger partial charge < -0.3 is 10.4 Å². The van der Waals surface area contributed by atoms with E-state index in [1.165, 1.54) is 0 Å². The van der Waals surface area contributed by atoms with Gasteiger partial charge in [-0.05, 0) is 25.7 Å². The summed E-state index contributed by atoms with van der Waals surface area (Å²) in [6.45, 7) is 0. The number of carbonyl (C=O) groups excluding carboxylic acids is 1. The molecule has 0 aromatic heterocycles. The molecule has 2 saturated carbocycles. The first-order valence-corrected chi connectivity index (χ1v) is 9.29. The highest BCUT2D eigenvalue weighted by Gasteiger charge is 2.39. The molecule has 21 heavy (non-hydrogen) atoms. The van der Waals surface area contributed by atoms with Crippen molar-refractivity contribution >= 4 is 21.7 Å². The largest absolute Gasteiger partial charge is 0.481 e. The Morgan fingerprint density at radius 3 is 2.19 bits per heavy atom. The van der Waals surface area contributed by atoms with Crippen molar-refractivity contribution in [3.05, 3.63) is 0 Å². The Labute approximate surface area is 125 Å². The Hall–Kier alpha value is -1.11. The van der Waals surface area contributed by atoms with Crippen molar-refractivity contribution in [3.8, 4) is 0 Å². The molecule has 0 aromatic rings. The molecule has 0 unspecified atom stereocenters. The third-order valence-electron chi connectivity index (χ3n) is 4.60. The van der Waals surface area contributed by atoms with Crippen LogP contribution in [0.25, 0.3) is 0 Å². The van der Waals surface area contributed by atoms with E-state index in [4.69, 9.17) is 5.11 Å². The summed E-state index contributed by atoms with van der Waals surface area (Å²) >= 11 is 0. The average molecular weight is 317 g/mol. The van der Waals surface area contributed by atoms with Gasteiger partial charge in [-0.3, -0.25) is 9.59 Å². The number of carboxylic acid groups (broad SMARTS) is 1. The van der Waals surface area contributed by atoms with Gasteiger partial charge in [-0.1, -0.05) is 25.7 Å². The fourth-order valence-electron chi connectivity index (χ4n) is 3.57. The first-order valence-electron chi connectivity index (χ1n) is 7.57. The van der Waals surface area contributed by atoms with E-state index < -0.39 is 38.3 Å². The molecular formula is C14H23NO5S. The zero-order valence-electron chi connectivity index (χ0n) is 12.1. The van der Waals surface area contributed by atoms with Crippen molar-refractivity contribution in [2.24, 2.45) is 0 Å². The van der Waals surface area contributed by atoms with E-state index in [1.54, 1.807) is 0 Å². The maximum Gasteiger partial charge on any atom is 0.305 e. The summed E-state index contributed by atoms with van der Waals surface area (Å²) in [5.74, 6) is -2.03. The van der Waals surface area contributed by atoms with Crippen LogP contribution in [0.5, 0.6) is 0 Å². The second-order valence-electron chi connectivity index (χ2n) is 6.32. The van der Waals surface area contributed by atoms with Crippen molar-refractivity contribution in [2.45, 2.75) is 68.6 Å². The van der Waals surface area contributed by atoms with Crippen LogP contribution in [0.15, 0.2) is 0 Å². The molecule has 2 rings (SSSR count). The second-order valence-corrected chi connectivity index (χ2v) is 8.60. The predicted octanol–water partition coefficient (Wildman–Crippen LogP) is 1.25. The van der Waals surface area contributed by atoms with Gasteiger partial charge in [0, 0.05) is 0 Å². The van der Waals surface area contributed by atoms with Gasteiger partial charge in [-0.2, -0.15) is 0 Å². The van der Waals surface area contributed by atoms with Gasteiger partial charge >= 0.3 is 5.97 Å². The molecule has 0 aromatic carbocycles. The van der Waals surface area contributed by atoms with Crippen LogP contribution in [-0.4, -0.2) is 41.9 Å². The minimum atomic E-state index is -3.42. The van der Waals surface area contributed by atoms with Crippen LogP contribution in [0, 0.1) is 0 Å². The lowest BCUT2D eigenvalue weighted by Gasteiger charge is -2.28. The number of rotatable bonds is 6. The van der Waals surface area contributed by atoms with Gasteiger partial charge in [0.2, 0.25) is 5.91 Å². The molecule has 2 aliphatic rings. The van der Waals surface area contributed by atoms with Crippen LogP contribution in [-0.2, 0) is 19.4 Å². The highest BCUT2D eigenvalue weighted by Crippen LogP contribution is 2.33. The summed E-state index contributed by atoms with van der Waals surface area (Å²) in [7, 11) is -3.42. The van der Waals surface area contributed by atoms with Crippen molar-refractivity contribution in [1.29, 1.82) is 0 Å². The molecule has 0 spiro atoms. The van der Waals surface area contributed by atoms with Crippen LogP contribution in [0.4, 0.5) is 0 Å². The van der Waals surface area contributed by atoms with Crippen molar-refractivity contribution in [2.75, 3.05) is 5.75 Å². The van der Waals surface area contributed by atoms with E-state index >= 15 is 0 Å². The van der Waals surface area contributed by atoms with E-state index in [1.807, 2.05) is 0 Å². The minimum Gasteiger partial charge on any atom is -0.481 e. The maximum absolute atomic E-state index is 12.2. The van der Waals surface area contributed by atoms with Crippen LogP contribution in [0.3, 0.4) is 0 Å². The summed E-state index contributed by atoms with van der Waals surface area (Å²) in [5.41, 5.74) is -0.756. The van der Waals surface area contributed by atoms with E-state index in [2.05, 4.69) is 5.32 Å².